The molecule has 1 aromatic carbocycles. The van der Waals surface area contributed by atoms with E-state index in [1.54, 1.807) is 5.01 Å². The van der Waals surface area contributed by atoms with Gasteiger partial charge in [-0.2, -0.15) is 5.10 Å². The van der Waals surface area contributed by atoms with E-state index in [0.717, 1.165) is 31.1 Å². The quantitative estimate of drug-likeness (QED) is 0.812. The molecule has 3 heteroatoms. The molecule has 2 aliphatic carbocycles. The van der Waals surface area contributed by atoms with Crippen molar-refractivity contribution in [2.75, 3.05) is 0 Å². The molecule has 3 unspecified atom stereocenters. The summed E-state index contributed by atoms with van der Waals surface area (Å²) in [5, 5.41) is 6.16. The van der Waals surface area contributed by atoms with Gasteiger partial charge in [0.25, 0.3) is 0 Å². The lowest BCUT2D eigenvalue weighted by Gasteiger charge is -2.25. The average Bonchev–Trinajstić information content (AvgIpc) is 3.22. The number of hydrazone groups is 1. The van der Waals surface area contributed by atoms with Crippen LogP contribution in [0.1, 0.15) is 50.1 Å². The largest absolute Gasteiger partial charge is 0.273 e. The van der Waals surface area contributed by atoms with E-state index in [1.165, 1.54) is 24.8 Å². The fourth-order valence-corrected chi connectivity index (χ4v) is 4.53. The maximum Gasteiger partial charge on any atom is 0.246 e. The molecule has 2 fully saturated rings. The molecule has 110 valence electrons. The maximum absolute atomic E-state index is 12.9. The molecule has 1 amide bonds. The van der Waals surface area contributed by atoms with Gasteiger partial charge in [-0.25, -0.2) is 5.01 Å². The summed E-state index contributed by atoms with van der Waals surface area (Å²) in [7, 11) is 0. The number of hydrogen-bond acceptors (Lipinski definition) is 2. The van der Waals surface area contributed by atoms with E-state index in [-0.39, 0.29) is 17.9 Å². The highest BCUT2D eigenvalue weighted by atomic mass is 16.2. The summed E-state index contributed by atoms with van der Waals surface area (Å²) >= 11 is 0. The molecule has 21 heavy (non-hydrogen) atoms. The van der Waals surface area contributed by atoms with Crippen LogP contribution in [0.2, 0.25) is 0 Å². The van der Waals surface area contributed by atoms with Crippen LogP contribution in [0.15, 0.2) is 35.4 Å². The molecule has 1 aliphatic heterocycles. The highest BCUT2D eigenvalue weighted by molar-refractivity contribution is 5.82. The Morgan fingerprint density at radius 3 is 2.52 bits per heavy atom. The van der Waals surface area contributed by atoms with Crippen LogP contribution in [0.5, 0.6) is 0 Å². The van der Waals surface area contributed by atoms with Gasteiger partial charge in [-0.05, 0) is 30.2 Å². The SMILES string of the molecule is O=C(C1CC2CCCC2C1)N1N=CCC1c1ccccc1. The molecule has 4 rings (SSSR count). The Balaban J connectivity index is 1.50. The van der Waals surface area contributed by atoms with Crippen LogP contribution in [0, 0.1) is 17.8 Å². The van der Waals surface area contributed by atoms with Gasteiger partial charge >= 0.3 is 0 Å². The molecule has 0 aromatic heterocycles. The molecule has 1 aromatic rings. The van der Waals surface area contributed by atoms with E-state index in [0.29, 0.717) is 0 Å². The third-order valence-corrected chi connectivity index (χ3v) is 5.58. The van der Waals surface area contributed by atoms with E-state index < -0.39 is 0 Å². The minimum atomic E-state index is 0.110. The van der Waals surface area contributed by atoms with Gasteiger partial charge in [0, 0.05) is 18.6 Å². The van der Waals surface area contributed by atoms with Crippen LogP contribution < -0.4 is 0 Å². The third-order valence-electron chi connectivity index (χ3n) is 5.58. The van der Waals surface area contributed by atoms with Gasteiger partial charge in [0.05, 0.1) is 6.04 Å². The second-order valence-corrected chi connectivity index (χ2v) is 6.76. The summed E-state index contributed by atoms with van der Waals surface area (Å²) in [5.74, 6) is 2.08. The van der Waals surface area contributed by atoms with E-state index in [2.05, 4.69) is 17.2 Å². The van der Waals surface area contributed by atoms with Crippen molar-refractivity contribution < 1.29 is 4.79 Å². The van der Waals surface area contributed by atoms with Crippen molar-refractivity contribution in [1.82, 2.24) is 5.01 Å². The Morgan fingerprint density at radius 1 is 1.10 bits per heavy atom. The molecule has 0 N–H and O–H groups in total. The molecule has 3 atom stereocenters. The molecule has 0 saturated heterocycles. The highest BCUT2D eigenvalue weighted by Crippen LogP contribution is 2.48. The Hall–Kier alpha value is -1.64. The van der Waals surface area contributed by atoms with Gasteiger partial charge in [-0.3, -0.25) is 4.79 Å². The van der Waals surface area contributed by atoms with Gasteiger partial charge < -0.3 is 0 Å². The first kappa shape index (κ1) is 13.1. The fraction of sp³-hybridized carbons (Fsp3) is 0.556. The normalized spacial score (nSPS) is 34.4. The van der Waals surface area contributed by atoms with Crippen molar-refractivity contribution in [3.63, 3.8) is 0 Å². The summed E-state index contributed by atoms with van der Waals surface area (Å²) in [4.78, 5) is 12.9. The van der Waals surface area contributed by atoms with Crippen molar-refractivity contribution in [2.24, 2.45) is 22.9 Å². The number of benzene rings is 1. The summed E-state index contributed by atoms with van der Waals surface area (Å²) in [5.41, 5.74) is 1.20. The molecule has 2 saturated carbocycles. The van der Waals surface area contributed by atoms with Gasteiger partial charge in [0.15, 0.2) is 0 Å². The molecular weight excluding hydrogens is 260 g/mol. The predicted octanol–water partition coefficient (Wildman–Crippen LogP) is 3.77. The van der Waals surface area contributed by atoms with Crippen molar-refractivity contribution in [3.8, 4) is 0 Å². The van der Waals surface area contributed by atoms with Gasteiger partial charge in [-0.1, -0.05) is 49.6 Å². The van der Waals surface area contributed by atoms with Crippen LogP contribution in [-0.4, -0.2) is 17.1 Å². The second kappa shape index (κ2) is 5.28. The molecular formula is C18H22N2O. The first-order valence-corrected chi connectivity index (χ1v) is 8.23. The maximum atomic E-state index is 12.9. The van der Waals surface area contributed by atoms with Crippen LogP contribution in [0.4, 0.5) is 0 Å². The minimum absolute atomic E-state index is 0.110. The lowest BCUT2D eigenvalue weighted by Crippen LogP contribution is -2.32. The van der Waals surface area contributed by atoms with E-state index in [9.17, 15) is 4.79 Å². The molecule has 0 spiro atoms. The first-order valence-electron chi connectivity index (χ1n) is 8.23. The van der Waals surface area contributed by atoms with Crippen LogP contribution >= 0.6 is 0 Å². The van der Waals surface area contributed by atoms with Gasteiger partial charge in [0.1, 0.15) is 0 Å². The summed E-state index contributed by atoms with van der Waals surface area (Å²) in [6.45, 7) is 0. The van der Waals surface area contributed by atoms with E-state index in [1.807, 2.05) is 24.4 Å². The predicted molar refractivity (Wildman–Crippen MR) is 82.7 cm³/mol. The van der Waals surface area contributed by atoms with Crippen LogP contribution in [-0.2, 0) is 4.79 Å². The second-order valence-electron chi connectivity index (χ2n) is 6.76. The number of fused-ring (bicyclic) bond motifs is 1. The monoisotopic (exact) mass is 282 g/mol. The number of carbonyl (C=O) groups is 1. The Morgan fingerprint density at radius 2 is 1.81 bits per heavy atom. The summed E-state index contributed by atoms with van der Waals surface area (Å²) < 4.78 is 0. The zero-order chi connectivity index (χ0) is 14.2. The number of hydrogen-bond donors (Lipinski definition) is 0. The van der Waals surface area contributed by atoms with Crippen molar-refractivity contribution in [2.45, 2.75) is 44.6 Å². The van der Waals surface area contributed by atoms with Crippen molar-refractivity contribution in [3.05, 3.63) is 35.9 Å². The topological polar surface area (TPSA) is 32.7 Å². The van der Waals surface area contributed by atoms with Crippen LogP contribution in [0.25, 0.3) is 0 Å². The lowest BCUT2D eigenvalue weighted by molar-refractivity contribution is -0.137. The zero-order valence-electron chi connectivity index (χ0n) is 12.3. The molecule has 3 nitrogen and oxygen atoms in total. The number of nitrogens with zero attached hydrogens (tertiary/aromatic N) is 2. The van der Waals surface area contributed by atoms with Gasteiger partial charge in [-0.15, -0.1) is 0 Å². The molecule has 3 aliphatic rings. The van der Waals surface area contributed by atoms with Crippen molar-refractivity contribution >= 4 is 12.1 Å². The zero-order valence-corrected chi connectivity index (χ0v) is 12.3. The summed E-state index contributed by atoms with van der Waals surface area (Å²) in [6.07, 6.45) is 8.96. The number of rotatable bonds is 2. The Labute approximate surface area is 126 Å². The first-order chi connectivity index (χ1) is 10.3. The van der Waals surface area contributed by atoms with Crippen LogP contribution in [0.3, 0.4) is 0 Å². The Bertz CT molecular complexity index is 542. The molecule has 1 heterocycles. The standard InChI is InChI=1S/C18H22N2O/c21-18(16-11-14-7-4-8-15(14)12-16)20-17(9-10-19-20)13-5-2-1-3-6-13/h1-3,5-6,10,14-17H,4,7-9,11-12H2. The molecule has 0 radical (unpaired) electrons. The smallest absolute Gasteiger partial charge is 0.246 e. The Kier molecular flexibility index (Phi) is 3.28. The van der Waals surface area contributed by atoms with Crippen molar-refractivity contribution in [1.29, 1.82) is 0 Å². The van der Waals surface area contributed by atoms with Gasteiger partial charge in [0.2, 0.25) is 5.91 Å². The minimum Gasteiger partial charge on any atom is -0.273 e. The van der Waals surface area contributed by atoms with E-state index >= 15 is 0 Å². The fourth-order valence-electron chi connectivity index (χ4n) is 4.53. The molecule has 0 bridgehead atoms. The highest BCUT2D eigenvalue weighted by Gasteiger charge is 2.43. The summed E-state index contributed by atoms with van der Waals surface area (Å²) in [6, 6.07) is 10.4. The third kappa shape index (κ3) is 2.29. The average molecular weight is 282 g/mol. The number of carbonyl (C=O) groups excluding carboxylic acids is 1. The number of amides is 1. The lowest BCUT2D eigenvalue weighted by atomic mass is 9.99. The van der Waals surface area contributed by atoms with E-state index in [4.69, 9.17) is 0 Å².